The van der Waals surface area contributed by atoms with Gasteiger partial charge >= 0.3 is 11.9 Å². The summed E-state index contributed by atoms with van der Waals surface area (Å²) in [7, 11) is 1.18. The molecule has 1 atom stereocenters. The standard InChI is InChI=1S/C15H25NO7S/c1-10(9-24-11(2)17)14(20)16(22-8-13(19)21-6)7-12(18)23-15(3,4)5/h10H,7-9H2,1-6H3/t10-/m1/s1. The van der Waals surface area contributed by atoms with E-state index in [9.17, 15) is 19.2 Å². The number of methoxy groups -OCH3 is 1. The topological polar surface area (TPSA) is 99.2 Å². The van der Waals surface area contributed by atoms with Crippen LogP contribution in [0.2, 0.25) is 0 Å². The third-order valence-corrected chi connectivity index (χ3v) is 3.54. The largest absolute Gasteiger partial charge is 0.467 e. The Kier molecular flexibility index (Phi) is 9.60. The van der Waals surface area contributed by atoms with Crippen molar-refractivity contribution in [2.75, 3.05) is 26.0 Å². The quantitative estimate of drug-likeness (QED) is 0.468. The monoisotopic (exact) mass is 363 g/mol. The predicted octanol–water partition coefficient (Wildman–Crippen LogP) is 1.18. The third kappa shape index (κ3) is 10.2. The number of carbonyl (C=O) groups is 4. The second kappa shape index (κ2) is 10.3. The summed E-state index contributed by atoms with van der Waals surface area (Å²) in [6.07, 6.45) is 0. The van der Waals surface area contributed by atoms with Crippen LogP contribution in [0.15, 0.2) is 0 Å². The van der Waals surface area contributed by atoms with Crippen LogP contribution in [0, 0.1) is 5.92 Å². The Balaban J connectivity index is 4.89. The molecule has 0 fully saturated rings. The second-order valence-corrected chi connectivity index (χ2v) is 7.21. The number of hydroxylamine groups is 2. The molecule has 0 aromatic rings. The van der Waals surface area contributed by atoms with Crippen molar-refractivity contribution in [2.24, 2.45) is 5.92 Å². The maximum Gasteiger partial charge on any atom is 0.334 e. The Morgan fingerprint density at radius 3 is 2.17 bits per heavy atom. The van der Waals surface area contributed by atoms with Gasteiger partial charge in [-0.1, -0.05) is 18.7 Å². The van der Waals surface area contributed by atoms with E-state index < -0.39 is 42.5 Å². The molecule has 9 heteroatoms. The highest BCUT2D eigenvalue weighted by Gasteiger charge is 2.27. The summed E-state index contributed by atoms with van der Waals surface area (Å²) in [5, 5.41) is 0.653. The molecule has 0 unspecified atom stereocenters. The van der Waals surface area contributed by atoms with E-state index in [0.717, 1.165) is 16.8 Å². The fraction of sp³-hybridized carbons (Fsp3) is 0.733. The summed E-state index contributed by atoms with van der Waals surface area (Å²) in [6, 6.07) is 0. The first-order valence-electron chi connectivity index (χ1n) is 7.32. The SMILES string of the molecule is COC(=O)CON(CC(=O)OC(C)(C)C)C(=O)[C@H](C)CSC(C)=O. The molecule has 1 amide bonds. The molecule has 138 valence electrons. The highest BCUT2D eigenvalue weighted by Crippen LogP contribution is 2.14. The summed E-state index contributed by atoms with van der Waals surface area (Å²) in [5.41, 5.74) is -0.718. The summed E-state index contributed by atoms with van der Waals surface area (Å²) in [4.78, 5) is 51.6. The number of esters is 2. The molecule has 0 aliphatic rings. The average molecular weight is 363 g/mol. The van der Waals surface area contributed by atoms with Crippen molar-refractivity contribution in [3.63, 3.8) is 0 Å². The highest BCUT2D eigenvalue weighted by atomic mass is 32.2. The molecule has 0 radical (unpaired) electrons. The van der Waals surface area contributed by atoms with Gasteiger partial charge < -0.3 is 9.47 Å². The van der Waals surface area contributed by atoms with Crippen molar-refractivity contribution in [1.82, 2.24) is 5.06 Å². The molecule has 0 aromatic carbocycles. The first-order chi connectivity index (χ1) is 11.0. The third-order valence-electron chi connectivity index (χ3n) is 2.46. The van der Waals surface area contributed by atoms with E-state index in [1.807, 2.05) is 0 Å². The van der Waals surface area contributed by atoms with Crippen molar-refractivity contribution in [2.45, 2.75) is 40.2 Å². The molecule has 0 aliphatic carbocycles. The van der Waals surface area contributed by atoms with Crippen LogP contribution in [-0.4, -0.2) is 59.6 Å². The molecule has 0 aliphatic heterocycles. The van der Waals surface area contributed by atoms with Crippen LogP contribution in [-0.2, 0) is 33.5 Å². The number of hydrogen-bond acceptors (Lipinski definition) is 8. The van der Waals surface area contributed by atoms with Gasteiger partial charge in [-0.3, -0.25) is 19.2 Å². The predicted molar refractivity (Wildman–Crippen MR) is 87.8 cm³/mol. The van der Waals surface area contributed by atoms with Crippen LogP contribution in [0.1, 0.15) is 34.6 Å². The summed E-state index contributed by atoms with van der Waals surface area (Å²) in [5.74, 6) is -2.24. The molecular formula is C15H25NO7S. The number of carbonyl (C=O) groups excluding carboxylic acids is 4. The van der Waals surface area contributed by atoms with E-state index in [4.69, 9.17) is 9.57 Å². The summed E-state index contributed by atoms with van der Waals surface area (Å²) in [6.45, 7) is 7.09. The summed E-state index contributed by atoms with van der Waals surface area (Å²) >= 11 is 0.993. The number of rotatable bonds is 8. The molecule has 0 saturated carbocycles. The van der Waals surface area contributed by atoms with Gasteiger partial charge in [0.1, 0.15) is 12.1 Å². The van der Waals surface area contributed by atoms with E-state index in [1.165, 1.54) is 14.0 Å². The van der Waals surface area contributed by atoms with Gasteiger partial charge in [-0.15, -0.1) is 0 Å². The minimum absolute atomic E-state index is 0.121. The molecular weight excluding hydrogens is 338 g/mol. The molecule has 0 N–H and O–H groups in total. The molecule has 8 nitrogen and oxygen atoms in total. The second-order valence-electron chi connectivity index (χ2n) is 6.01. The molecule has 0 spiro atoms. The maximum absolute atomic E-state index is 12.4. The lowest BCUT2D eigenvalue weighted by Crippen LogP contribution is -2.42. The van der Waals surface area contributed by atoms with Crippen LogP contribution >= 0.6 is 11.8 Å². The van der Waals surface area contributed by atoms with Crippen molar-refractivity contribution in [3.05, 3.63) is 0 Å². The Hall–Kier alpha value is -1.61. The molecule has 0 heterocycles. The first kappa shape index (κ1) is 22.4. The van der Waals surface area contributed by atoms with Gasteiger partial charge in [-0.2, -0.15) is 0 Å². The Labute approximate surface area is 146 Å². The fourth-order valence-corrected chi connectivity index (χ4v) is 2.05. The van der Waals surface area contributed by atoms with Crippen molar-refractivity contribution in [3.8, 4) is 0 Å². The van der Waals surface area contributed by atoms with E-state index in [1.54, 1.807) is 27.7 Å². The molecule has 0 bridgehead atoms. The molecule has 0 aromatic heterocycles. The fourth-order valence-electron chi connectivity index (χ4n) is 1.43. The molecule has 0 rings (SSSR count). The van der Waals surface area contributed by atoms with Crippen molar-refractivity contribution < 1.29 is 33.5 Å². The van der Waals surface area contributed by atoms with E-state index in [0.29, 0.717) is 0 Å². The molecule has 24 heavy (non-hydrogen) atoms. The number of ether oxygens (including phenoxy) is 2. The highest BCUT2D eigenvalue weighted by molar-refractivity contribution is 8.13. The van der Waals surface area contributed by atoms with Gasteiger partial charge in [0.2, 0.25) is 5.91 Å². The van der Waals surface area contributed by atoms with Gasteiger partial charge in [0.05, 0.1) is 7.11 Å². The normalized spacial score (nSPS) is 12.2. The van der Waals surface area contributed by atoms with E-state index in [-0.39, 0.29) is 10.9 Å². The van der Waals surface area contributed by atoms with E-state index >= 15 is 0 Å². The zero-order chi connectivity index (χ0) is 18.9. The maximum atomic E-state index is 12.4. The van der Waals surface area contributed by atoms with Gasteiger partial charge in [-0.25, -0.2) is 9.86 Å². The van der Waals surface area contributed by atoms with Gasteiger partial charge in [-0.05, 0) is 20.8 Å². The van der Waals surface area contributed by atoms with Crippen molar-refractivity contribution >= 4 is 34.7 Å². The minimum Gasteiger partial charge on any atom is -0.467 e. The van der Waals surface area contributed by atoms with Crippen molar-refractivity contribution in [1.29, 1.82) is 0 Å². The molecule has 0 saturated heterocycles. The lowest BCUT2D eigenvalue weighted by atomic mass is 10.2. The lowest BCUT2D eigenvalue weighted by Gasteiger charge is -2.26. The van der Waals surface area contributed by atoms with Crippen LogP contribution in [0.5, 0.6) is 0 Å². The number of thioether (sulfide) groups is 1. The zero-order valence-corrected chi connectivity index (χ0v) is 15.7. The number of amides is 1. The first-order valence-corrected chi connectivity index (χ1v) is 8.31. The van der Waals surface area contributed by atoms with Crippen LogP contribution in [0.25, 0.3) is 0 Å². The minimum atomic E-state index is -0.718. The van der Waals surface area contributed by atoms with Crippen LogP contribution < -0.4 is 0 Å². The van der Waals surface area contributed by atoms with Crippen LogP contribution in [0.3, 0.4) is 0 Å². The number of nitrogens with zero attached hydrogens (tertiary/aromatic N) is 1. The zero-order valence-electron chi connectivity index (χ0n) is 14.9. The van der Waals surface area contributed by atoms with Crippen LogP contribution in [0.4, 0.5) is 0 Å². The van der Waals surface area contributed by atoms with Gasteiger partial charge in [0.25, 0.3) is 0 Å². The number of hydrogen-bond donors (Lipinski definition) is 0. The Morgan fingerprint density at radius 2 is 1.71 bits per heavy atom. The van der Waals surface area contributed by atoms with Gasteiger partial charge in [0.15, 0.2) is 11.7 Å². The smallest absolute Gasteiger partial charge is 0.334 e. The Bertz CT molecular complexity index is 473. The van der Waals surface area contributed by atoms with Gasteiger partial charge in [0, 0.05) is 18.6 Å². The Morgan fingerprint density at radius 1 is 1.12 bits per heavy atom. The van der Waals surface area contributed by atoms with E-state index in [2.05, 4.69) is 4.74 Å². The lowest BCUT2D eigenvalue weighted by molar-refractivity contribution is -0.204. The summed E-state index contributed by atoms with van der Waals surface area (Å²) < 4.78 is 9.58. The average Bonchev–Trinajstić information content (AvgIpc) is 2.45.